The van der Waals surface area contributed by atoms with Gasteiger partial charge in [0.15, 0.2) is 10.1 Å². The van der Waals surface area contributed by atoms with Crippen LogP contribution in [0.2, 0.25) is 0 Å². The van der Waals surface area contributed by atoms with E-state index in [2.05, 4.69) is 130 Å². The van der Waals surface area contributed by atoms with Crippen molar-refractivity contribution in [2.75, 3.05) is 0 Å². The van der Waals surface area contributed by atoms with Gasteiger partial charge in [0.25, 0.3) is 0 Å². The van der Waals surface area contributed by atoms with Crippen molar-refractivity contribution in [1.82, 2.24) is 0 Å². The molecule has 0 N–H and O–H groups in total. The van der Waals surface area contributed by atoms with Crippen molar-refractivity contribution >= 4 is 77.6 Å². The van der Waals surface area contributed by atoms with Gasteiger partial charge in [-0.2, -0.15) is 0 Å². The first-order chi connectivity index (χ1) is 19.4. The molecule has 5 aromatic carbocycles. The van der Waals surface area contributed by atoms with Crippen LogP contribution in [0.4, 0.5) is 0 Å². The maximum Gasteiger partial charge on any atom is 0.192 e. The molecule has 2 nitrogen and oxygen atoms in total. The molecule has 0 atom stereocenters. The maximum absolute atomic E-state index is 6.48. The lowest BCUT2D eigenvalue weighted by Crippen LogP contribution is -2.32. The SMILES string of the molecule is CC(C)(C)CC(C)(C)OC(=S)c1ccc2c3cccc4c(C(=S)OC(C)(C)CC(C)(C)C)ccc(c5cccc1c52)c43. The summed E-state index contributed by atoms with van der Waals surface area (Å²) in [6.45, 7) is 21.9. The van der Waals surface area contributed by atoms with E-state index < -0.39 is 0 Å². The zero-order chi connectivity index (χ0) is 30.8. The molecule has 0 aliphatic heterocycles. The van der Waals surface area contributed by atoms with Crippen molar-refractivity contribution in [2.24, 2.45) is 10.8 Å². The summed E-state index contributed by atoms with van der Waals surface area (Å²) < 4.78 is 13.0. The highest BCUT2D eigenvalue weighted by Crippen LogP contribution is 2.43. The van der Waals surface area contributed by atoms with Gasteiger partial charge in [-0.1, -0.05) is 90.1 Å². The monoisotopic (exact) mass is 596 g/mol. The van der Waals surface area contributed by atoms with E-state index in [4.69, 9.17) is 33.9 Å². The minimum atomic E-state index is -0.370. The lowest BCUT2D eigenvalue weighted by molar-refractivity contribution is 0.0541. The summed E-state index contributed by atoms with van der Waals surface area (Å²) in [6, 6.07) is 21.7. The molecule has 0 saturated carbocycles. The first kappa shape index (κ1) is 30.6. The highest BCUT2D eigenvalue weighted by Gasteiger charge is 2.30. The number of ether oxygens (including phenoxy) is 2. The van der Waals surface area contributed by atoms with Gasteiger partial charge in [-0.15, -0.1) is 0 Å². The summed E-state index contributed by atoms with van der Waals surface area (Å²) in [5, 5.41) is 10.6. The van der Waals surface area contributed by atoms with Crippen molar-refractivity contribution in [3.63, 3.8) is 0 Å². The molecule has 42 heavy (non-hydrogen) atoms. The fraction of sp³-hybridized carbons (Fsp3) is 0.421. The average molecular weight is 597 g/mol. The topological polar surface area (TPSA) is 18.5 Å². The zero-order valence-electron chi connectivity index (χ0n) is 26.8. The smallest absolute Gasteiger partial charge is 0.192 e. The van der Waals surface area contributed by atoms with Gasteiger partial charge in [0, 0.05) is 11.1 Å². The van der Waals surface area contributed by atoms with E-state index in [-0.39, 0.29) is 22.0 Å². The normalized spacial score (nSPS) is 13.4. The molecular weight excluding hydrogens is 553 g/mol. The van der Waals surface area contributed by atoms with E-state index in [1.165, 1.54) is 32.3 Å². The minimum Gasteiger partial charge on any atom is -0.477 e. The standard InChI is InChI=1S/C38H44O2S2/c1-35(2,3)21-37(7,8)39-33(41)29-19-17-27-24-14-12-16-26-30(34(42)40-38(9,10)22-36(4,5)6)20-18-28(32(24)26)23-13-11-15-25(29)31(23)27/h11-20H,21-22H2,1-10H3. The van der Waals surface area contributed by atoms with Gasteiger partial charge in [0.05, 0.1) is 0 Å². The van der Waals surface area contributed by atoms with Crippen LogP contribution in [-0.2, 0) is 9.47 Å². The Bertz CT molecular complexity index is 1670. The molecule has 0 bridgehead atoms. The number of hydrogen-bond acceptors (Lipinski definition) is 4. The third-order valence-corrected chi connectivity index (χ3v) is 8.36. The Hall–Kier alpha value is -2.82. The van der Waals surface area contributed by atoms with Gasteiger partial charge in [-0.3, -0.25) is 0 Å². The number of thiocarbonyl (C=S) groups is 2. The summed E-state index contributed by atoms with van der Waals surface area (Å²) in [6.07, 6.45) is 1.80. The second-order valence-electron chi connectivity index (χ2n) is 15.6. The van der Waals surface area contributed by atoms with Crippen LogP contribution in [0.15, 0.2) is 60.7 Å². The molecule has 0 saturated heterocycles. The van der Waals surface area contributed by atoms with E-state index in [1.54, 1.807) is 0 Å². The Balaban J connectivity index is 1.65. The lowest BCUT2D eigenvalue weighted by atomic mass is 9.83. The van der Waals surface area contributed by atoms with Crippen LogP contribution < -0.4 is 0 Å². The lowest BCUT2D eigenvalue weighted by Gasteiger charge is -2.33. The zero-order valence-corrected chi connectivity index (χ0v) is 28.5. The second kappa shape index (κ2) is 10.4. The quantitative estimate of drug-likeness (QED) is 0.110. The number of fused-ring (bicyclic) bond motifs is 2. The van der Waals surface area contributed by atoms with Crippen molar-refractivity contribution in [2.45, 2.75) is 93.3 Å². The van der Waals surface area contributed by atoms with E-state index in [0.717, 1.165) is 34.7 Å². The molecular formula is C38H44O2S2. The van der Waals surface area contributed by atoms with Crippen molar-refractivity contribution < 1.29 is 9.47 Å². The maximum atomic E-state index is 6.48. The first-order valence-corrected chi connectivity index (χ1v) is 15.8. The summed E-state index contributed by atoms with van der Waals surface area (Å²) in [4.78, 5) is 0. The minimum absolute atomic E-state index is 0.135. The molecule has 220 valence electrons. The number of benzene rings is 5. The van der Waals surface area contributed by atoms with Crippen LogP contribution in [-0.4, -0.2) is 21.3 Å². The molecule has 0 fully saturated rings. The van der Waals surface area contributed by atoms with Crippen LogP contribution in [0.3, 0.4) is 0 Å². The Morgan fingerprint density at radius 2 is 0.786 bits per heavy atom. The predicted molar refractivity (Wildman–Crippen MR) is 190 cm³/mol. The highest BCUT2D eigenvalue weighted by atomic mass is 32.1. The van der Waals surface area contributed by atoms with Crippen LogP contribution in [0.1, 0.15) is 93.2 Å². The summed E-state index contributed by atoms with van der Waals surface area (Å²) >= 11 is 11.9. The average Bonchev–Trinajstić information content (AvgIpc) is 2.82. The molecule has 5 aromatic rings. The summed E-state index contributed by atoms with van der Waals surface area (Å²) in [5.41, 5.74) is 1.47. The molecule has 0 heterocycles. The number of hydrogen-bond donors (Lipinski definition) is 0. The second-order valence-corrected chi connectivity index (χ2v) is 16.3. The fourth-order valence-corrected chi connectivity index (χ4v) is 8.11. The number of rotatable bonds is 6. The van der Waals surface area contributed by atoms with Crippen LogP contribution in [0.5, 0.6) is 0 Å². The molecule has 0 aliphatic carbocycles. The van der Waals surface area contributed by atoms with E-state index in [1.807, 2.05) is 0 Å². The van der Waals surface area contributed by atoms with E-state index in [9.17, 15) is 0 Å². The third kappa shape index (κ3) is 6.12. The summed E-state index contributed by atoms with van der Waals surface area (Å²) in [5.74, 6) is 0. The van der Waals surface area contributed by atoms with Gasteiger partial charge >= 0.3 is 0 Å². The molecule has 0 unspecified atom stereocenters. The fourth-order valence-electron chi connectivity index (χ4n) is 7.31. The Morgan fingerprint density at radius 1 is 0.476 bits per heavy atom. The Kier molecular flexibility index (Phi) is 7.60. The van der Waals surface area contributed by atoms with E-state index >= 15 is 0 Å². The summed E-state index contributed by atoms with van der Waals surface area (Å²) in [7, 11) is 0. The van der Waals surface area contributed by atoms with Crippen molar-refractivity contribution in [3.8, 4) is 0 Å². The first-order valence-electron chi connectivity index (χ1n) is 14.9. The van der Waals surface area contributed by atoms with Gasteiger partial charge in [-0.05, 0) is 131 Å². The largest absolute Gasteiger partial charge is 0.477 e. The Morgan fingerprint density at radius 3 is 1.12 bits per heavy atom. The van der Waals surface area contributed by atoms with Gasteiger partial charge in [-0.25, -0.2) is 0 Å². The van der Waals surface area contributed by atoms with Crippen LogP contribution in [0.25, 0.3) is 43.1 Å². The molecule has 0 spiro atoms. The highest BCUT2D eigenvalue weighted by molar-refractivity contribution is 7.80. The third-order valence-electron chi connectivity index (χ3n) is 7.75. The molecule has 0 radical (unpaired) electrons. The Labute approximate surface area is 262 Å². The van der Waals surface area contributed by atoms with Gasteiger partial charge in [0.2, 0.25) is 0 Å². The van der Waals surface area contributed by atoms with Crippen molar-refractivity contribution in [3.05, 3.63) is 71.8 Å². The molecule has 5 rings (SSSR count). The van der Waals surface area contributed by atoms with Gasteiger partial charge in [0.1, 0.15) is 11.2 Å². The van der Waals surface area contributed by atoms with Crippen LogP contribution >= 0.6 is 24.4 Å². The molecule has 0 aliphatic rings. The van der Waals surface area contributed by atoms with Crippen LogP contribution in [0, 0.1) is 10.8 Å². The van der Waals surface area contributed by atoms with Gasteiger partial charge < -0.3 is 9.47 Å². The molecule has 4 heteroatoms. The van der Waals surface area contributed by atoms with Crippen molar-refractivity contribution in [1.29, 1.82) is 0 Å². The van der Waals surface area contributed by atoms with E-state index in [0.29, 0.717) is 10.1 Å². The molecule has 0 amide bonds. The predicted octanol–water partition coefficient (Wildman–Crippen LogP) is 11.6. The molecule has 0 aromatic heterocycles.